The summed E-state index contributed by atoms with van der Waals surface area (Å²) in [4.78, 5) is 12.5. The summed E-state index contributed by atoms with van der Waals surface area (Å²) >= 11 is 0. The van der Waals surface area contributed by atoms with Gasteiger partial charge in [-0.25, -0.2) is 4.98 Å². The molecule has 0 bridgehead atoms. The fourth-order valence-electron chi connectivity index (χ4n) is 5.79. The van der Waals surface area contributed by atoms with Crippen LogP contribution < -0.4 is 4.90 Å². The monoisotopic (exact) mass is 477 g/mol. The molecular weight excluding hydrogens is 454 g/mol. The number of anilines is 1. The number of hydrogen-bond donors (Lipinski definition) is 0. The van der Waals surface area contributed by atoms with Gasteiger partial charge < -0.3 is 4.90 Å². The van der Waals surface area contributed by atoms with Gasteiger partial charge in [-0.3, -0.25) is 14.0 Å². The van der Waals surface area contributed by atoms with Crippen molar-refractivity contribution in [2.75, 3.05) is 4.90 Å². The predicted octanol–water partition coefficient (Wildman–Crippen LogP) is 6.89. The number of allylic oxidation sites excluding steroid dienone is 2. The molecule has 37 heavy (non-hydrogen) atoms. The quantitative estimate of drug-likeness (QED) is 0.278. The van der Waals surface area contributed by atoms with Crippen molar-refractivity contribution in [2.24, 2.45) is 4.99 Å². The van der Waals surface area contributed by atoms with Crippen molar-refractivity contribution in [1.29, 1.82) is 0 Å². The highest BCUT2D eigenvalue weighted by atomic mass is 15.3. The van der Waals surface area contributed by atoms with Gasteiger partial charge in [-0.15, -0.1) is 0 Å². The van der Waals surface area contributed by atoms with E-state index in [-0.39, 0.29) is 12.2 Å². The van der Waals surface area contributed by atoms with Gasteiger partial charge in [-0.2, -0.15) is 0 Å². The number of aliphatic imine (C=N–C) groups is 1. The van der Waals surface area contributed by atoms with Gasteiger partial charge in [-0.1, -0.05) is 72.8 Å². The summed E-state index contributed by atoms with van der Waals surface area (Å²) < 4.78 is 4.49. The van der Waals surface area contributed by atoms with Crippen molar-refractivity contribution in [3.8, 4) is 5.69 Å². The van der Waals surface area contributed by atoms with Crippen molar-refractivity contribution >= 4 is 39.1 Å². The fraction of sp³-hybridized carbons (Fsp3) is 0.0625. The molecule has 5 nitrogen and oxygen atoms in total. The summed E-state index contributed by atoms with van der Waals surface area (Å²) in [6.07, 6.45) is 10.6. The molecule has 0 fully saturated rings. The molecule has 176 valence electrons. The van der Waals surface area contributed by atoms with Crippen molar-refractivity contribution < 1.29 is 0 Å². The number of hydrogen-bond acceptors (Lipinski definition) is 3. The zero-order valence-corrected chi connectivity index (χ0v) is 20.0. The largest absolute Gasteiger partial charge is 0.334 e. The molecular formula is C32H23N5. The van der Waals surface area contributed by atoms with E-state index >= 15 is 0 Å². The van der Waals surface area contributed by atoms with E-state index in [0.29, 0.717) is 0 Å². The molecule has 1 aliphatic heterocycles. The number of para-hydroxylation sites is 1. The minimum atomic E-state index is -0.0580. The highest BCUT2D eigenvalue weighted by Crippen LogP contribution is 2.39. The second kappa shape index (κ2) is 7.80. The molecule has 2 unspecified atom stereocenters. The van der Waals surface area contributed by atoms with Gasteiger partial charge in [0.1, 0.15) is 17.3 Å². The van der Waals surface area contributed by atoms with Crippen LogP contribution in [0, 0.1) is 0 Å². The van der Waals surface area contributed by atoms with E-state index in [1.807, 2.05) is 6.07 Å². The molecule has 6 aromatic rings. The van der Waals surface area contributed by atoms with Crippen molar-refractivity contribution in [2.45, 2.75) is 12.2 Å². The highest BCUT2D eigenvalue weighted by Gasteiger charge is 2.35. The lowest BCUT2D eigenvalue weighted by Crippen LogP contribution is -2.35. The number of aromatic nitrogens is 3. The standard InChI is InChI=1S/C32H23N5/c1-2-10-22(11-3-1)31-33-26-13-5-7-15-28(26)36(31)23-17-19-24(20-18-23)37-27-14-6-4-12-25(27)30-32(37)35-21-9-8-16-29(35)34-30/h1-21,28,31H. The Labute approximate surface area is 213 Å². The molecule has 2 atom stereocenters. The third kappa shape index (κ3) is 2.97. The summed E-state index contributed by atoms with van der Waals surface area (Å²) in [5, 5.41) is 1.16. The van der Waals surface area contributed by atoms with Crippen LogP contribution in [0.1, 0.15) is 11.7 Å². The van der Waals surface area contributed by atoms with Gasteiger partial charge in [0, 0.05) is 23.0 Å². The van der Waals surface area contributed by atoms with E-state index < -0.39 is 0 Å². The second-order valence-corrected chi connectivity index (χ2v) is 9.52. The third-order valence-corrected chi connectivity index (χ3v) is 7.43. The minimum absolute atomic E-state index is 0.0580. The van der Waals surface area contributed by atoms with Crippen LogP contribution in [0.5, 0.6) is 0 Å². The lowest BCUT2D eigenvalue weighted by atomic mass is 10.0. The van der Waals surface area contributed by atoms with Crippen LogP contribution in [0.3, 0.4) is 0 Å². The van der Waals surface area contributed by atoms with Gasteiger partial charge in [0.25, 0.3) is 0 Å². The van der Waals surface area contributed by atoms with E-state index in [4.69, 9.17) is 9.98 Å². The number of benzene rings is 3. The molecule has 2 aliphatic rings. The molecule has 3 aromatic carbocycles. The predicted molar refractivity (Wildman–Crippen MR) is 151 cm³/mol. The lowest BCUT2D eigenvalue weighted by molar-refractivity contribution is 0.696. The maximum atomic E-state index is 5.11. The Kier molecular flexibility index (Phi) is 4.28. The zero-order valence-electron chi connectivity index (χ0n) is 20.0. The maximum Gasteiger partial charge on any atom is 0.150 e. The van der Waals surface area contributed by atoms with E-state index in [1.54, 1.807) is 0 Å². The highest BCUT2D eigenvalue weighted by molar-refractivity contribution is 6.08. The Morgan fingerprint density at radius 3 is 2.38 bits per heavy atom. The van der Waals surface area contributed by atoms with Crippen LogP contribution in [0.15, 0.2) is 133 Å². The van der Waals surface area contributed by atoms with Crippen molar-refractivity contribution in [3.05, 3.63) is 133 Å². The molecule has 4 heterocycles. The lowest BCUT2D eigenvalue weighted by Gasteiger charge is -2.31. The van der Waals surface area contributed by atoms with Gasteiger partial charge >= 0.3 is 0 Å². The summed E-state index contributed by atoms with van der Waals surface area (Å²) in [5.74, 6) is 0. The Morgan fingerprint density at radius 2 is 1.49 bits per heavy atom. The number of imidazole rings is 1. The topological polar surface area (TPSA) is 37.8 Å². The summed E-state index contributed by atoms with van der Waals surface area (Å²) in [7, 11) is 0. The van der Waals surface area contributed by atoms with E-state index in [1.165, 1.54) is 5.56 Å². The first-order chi connectivity index (χ1) is 18.4. The van der Waals surface area contributed by atoms with E-state index in [9.17, 15) is 0 Å². The van der Waals surface area contributed by atoms with Crippen LogP contribution in [0.4, 0.5) is 5.69 Å². The molecule has 0 saturated heterocycles. The van der Waals surface area contributed by atoms with Crippen LogP contribution in [-0.2, 0) is 0 Å². The first-order valence-corrected chi connectivity index (χ1v) is 12.6. The summed E-state index contributed by atoms with van der Waals surface area (Å²) in [5.41, 5.74) is 8.76. The molecule has 1 aliphatic carbocycles. The number of nitrogens with zero attached hydrogens (tertiary/aromatic N) is 5. The first-order valence-electron chi connectivity index (χ1n) is 12.6. The second-order valence-electron chi connectivity index (χ2n) is 9.52. The number of pyridine rings is 1. The average molecular weight is 478 g/mol. The molecule has 0 radical (unpaired) electrons. The van der Waals surface area contributed by atoms with E-state index in [0.717, 1.165) is 44.8 Å². The molecule has 3 aromatic heterocycles. The van der Waals surface area contributed by atoms with Crippen molar-refractivity contribution in [3.63, 3.8) is 0 Å². The van der Waals surface area contributed by atoms with E-state index in [2.05, 4.69) is 135 Å². The Morgan fingerprint density at radius 1 is 0.703 bits per heavy atom. The smallest absolute Gasteiger partial charge is 0.150 e. The fourth-order valence-corrected chi connectivity index (χ4v) is 5.79. The zero-order chi connectivity index (χ0) is 24.3. The van der Waals surface area contributed by atoms with Gasteiger partial charge in [0.15, 0.2) is 5.65 Å². The third-order valence-electron chi connectivity index (χ3n) is 7.43. The molecule has 5 heteroatoms. The van der Waals surface area contributed by atoms with Crippen LogP contribution >= 0.6 is 0 Å². The maximum absolute atomic E-state index is 5.11. The number of fused-ring (bicyclic) bond motifs is 6. The summed E-state index contributed by atoms with van der Waals surface area (Å²) in [6, 6.07) is 34.2. The molecule has 0 amide bonds. The SMILES string of the molecule is C1=CC2=NC(c3ccccc3)N(c3ccc(-n4c5ccccc5c5nc6ccccn6c54)cc3)C2C=C1. The van der Waals surface area contributed by atoms with Gasteiger partial charge in [-0.05, 0) is 54.1 Å². The molecule has 0 spiro atoms. The van der Waals surface area contributed by atoms with Gasteiger partial charge in [0.2, 0.25) is 0 Å². The minimum Gasteiger partial charge on any atom is -0.334 e. The molecule has 8 rings (SSSR count). The number of rotatable bonds is 3. The Hall–Kier alpha value is -4.90. The summed E-state index contributed by atoms with van der Waals surface area (Å²) in [6.45, 7) is 0. The Bertz CT molecular complexity index is 1880. The van der Waals surface area contributed by atoms with Crippen LogP contribution in [0.25, 0.3) is 33.4 Å². The normalized spacial score (nSPS) is 18.7. The first kappa shape index (κ1) is 20.3. The van der Waals surface area contributed by atoms with Crippen molar-refractivity contribution in [1.82, 2.24) is 14.0 Å². The molecule has 0 saturated carbocycles. The van der Waals surface area contributed by atoms with Crippen LogP contribution in [0.2, 0.25) is 0 Å². The van der Waals surface area contributed by atoms with Crippen LogP contribution in [-0.4, -0.2) is 25.7 Å². The Balaban J connectivity index is 1.28. The average Bonchev–Trinajstić information content (AvgIpc) is 3.63. The van der Waals surface area contributed by atoms with Gasteiger partial charge in [0.05, 0.1) is 17.3 Å². The molecule has 0 N–H and O–H groups in total.